The lowest BCUT2D eigenvalue weighted by atomic mass is 10.1. The quantitative estimate of drug-likeness (QED) is 0.341. The molecule has 0 saturated heterocycles. The van der Waals surface area contributed by atoms with Gasteiger partial charge in [-0.3, -0.25) is 13.9 Å². The number of hydrogen-bond donors (Lipinski definition) is 1. The summed E-state index contributed by atoms with van der Waals surface area (Å²) >= 11 is 0. The second kappa shape index (κ2) is 12.9. The molecular weight excluding hydrogens is 534 g/mol. The highest BCUT2D eigenvalue weighted by atomic mass is 32.2. The van der Waals surface area contributed by atoms with E-state index in [1.807, 2.05) is 64.1 Å². The summed E-state index contributed by atoms with van der Waals surface area (Å²) in [6.07, 6.45) is 4.01. The van der Waals surface area contributed by atoms with Gasteiger partial charge in [-0.2, -0.15) is 0 Å². The zero-order valence-corrected chi connectivity index (χ0v) is 25.5. The summed E-state index contributed by atoms with van der Waals surface area (Å²) in [7, 11) is -4.09. The Kier molecular flexibility index (Phi) is 9.53. The molecule has 3 aromatic carbocycles. The number of nitrogens with one attached hydrogen (secondary N) is 1. The number of aryl methyl sites for hydroxylation is 4. The maximum Gasteiger partial charge on any atom is 0.264 e. The summed E-state index contributed by atoms with van der Waals surface area (Å²) < 4.78 is 29.3. The number of benzene rings is 3. The molecule has 3 aromatic rings. The van der Waals surface area contributed by atoms with Crippen molar-refractivity contribution in [2.24, 2.45) is 0 Å². The SMILES string of the molecule is Cc1ccc(S(=O)(=O)N(CC(=O)N(Cc2cccc(C)c2)[C@@H](C)C(=O)NC2CCCC2)c2ccc(C)cc2C)cc1. The first kappa shape index (κ1) is 30.3. The molecule has 7 nitrogen and oxygen atoms in total. The van der Waals surface area contributed by atoms with Crippen LogP contribution >= 0.6 is 0 Å². The molecule has 1 fully saturated rings. The van der Waals surface area contributed by atoms with E-state index in [9.17, 15) is 18.0 Å². The van der Waals surface area contributed by atoms with E-state index in [-0.39, 0.29) is 23.4 Å². The Labute approximate surface area is 244 Å². The van der Waals surface area contributed by atoms with Crippen molar-refractivity contribution in [2.75, 3.05) is 10.8 Å². The van der Waals surface area contributed by atoms with Gasteiger partial charge in [0.25, 0.3) is 10.0 Å². The summed E-state index contributed by atoms with van der Waals surface area (Å²) in [4.78, 5) is 29.1. The highest BCUT2D eigenvalue weighted by Gasteiger charge is 2.34. The third-order valence-electron chi connectivity index (χ3n) is 7.81. The Hall–Kier alpha value is -3.65. The highest BCUT2D eigenvalue weighted by Crippen LogP contribution is 2.28. The van der Waals surface area contributed by atoms with Gasteiger partial charge in [0.1, 0.15) is 12.6 Å². The molecule has 1 atom stereocenters. The largest absolute Gasteiger partial charge is 0.352 e. The van der Waals surface area contributed by atoms with E-state index in [4.69, 9.17) is 0 Å². The average molecular weight is 576 g/mol. The number of nitrogens with zero attached hydrogens (tertiary/aromatic N) is 2. The monoisotopic (exact) mass is 575 g/mol. The molecule has 41 heavy (non-hydrogen) atoms. The molecule has 0 unspecified atom stereocenters. The second-order valence-electron chi connectivity index (χ2n) is 11.3. The predicted molar refractivity (Wildman–Crippen MR) is 163 cm³/mol. The number of amides is 2. The molecule has 0 heterocycles. The zero-order valence-electron chi connectivity index (χ0n) is 24.7. The molecule has 0 spiro atoms. The standard InChI is InChI=1S/C33H41N3O4S/c1-23-13-16-30(17-14-23)41(39,40)36(31-18-15-25(3)19-26(31)4)22-32(37)35(21-28-10-8-9-24(2)20-28)27(5)33(38)34-29-11-6-7-12-29/h8-10,13-20,27,29H,6-7,11-12,21-22H2,1-5H3,(H,34,38)/t27-/m0/s1. The lowest BCUT2D eigenvalue weighted by Gasteiger charge is -2.33. The van der Waals surface area contributed by atoms with Gasteiger partial charge in [-0.15, -0.1) is 0 Å². The minimum atomic E-state index is -4.09. The first-order valence-corrected chi connectivity index (χ1v) is 15.7. The summed E-state index contributed by atoms with van der Waals surface area (Å²) in [6.45, 7) is 9.11. The van der Waals surface area contributed by atoms with Gasteiger partial charge in [-0.1, -0.05) is 78.1 Å². The summed E-state index contributed by atoms with van der Waals surface area (Å²) in [5, 5.41) is 3.11. The molecule has 0 bridgehead atoms. The maximum atomic E-state index is 14.1. The smallest absolute Gasteiger partial charge is 0.264 e. The van der Waals surface area contributed by atoms with Gasteiger partial charge < -0.3 is 10.2 Å². The van der Waals surface area contributed by atoms with E-state index in [0.29, 0.717) is 5.69 Å². The van der Waals surface area contributed by atoms with Crippen LogP contribution in [0.2, 0.25) is 0 Å². The first-order valence-electron chi connectivity index (χ1n) is 14.3. The summed E-state index contributed by atoms with van der Waals surface area (Å²) in [5.74, 6) is -0.673. The van der Waals surface area contributed by atoms with Crippen molar-refractivity contribution in [1.29, 1.82) is 0 Å². The van der Waals surface area contributed by atoms with E-state index >= 15 is 0 Å². The Morgan fingerprint density at radius 1 is 0.878 bits per heavy atom. The van der Waals surface area contributed by atoms with Crippen LogP contribution in [0.5, 0.6) is 0 Å². The lowest BCUT2D eigenvalue weighted by Crippen LogP contribution is -2.52. The summed E-state index contributed by atoms with van der Waals surface area (Å²) in [5.41, 5.74) is 5.01. The molecule has 1 aliphatic carbocycles. The van der Waals surface area contributed by atoms with Gasteiger partial charge in [0, 0.05) is 12.6 Å². The van der Waals surface area contributed by atoms with E-state index < -0.39 is 28.5 Å². The van der Waals surface area contributed by atoms with Crippen LogP contribution < -0.4 is 9.62 Å². The molecule has 1 saturated carbocycles. The Balaban J connectivity index is 1.71. The fraction of sp³-hybridized carbons (Fsp3) is 0.394. The number of sulfonamides is 1. The van der Waals surface area contributed by atoms with Crippen LogP contribution in [0.15, 0.2) is 71.6 Å². The highest BCUT2D eigenvalue weighted by molar-refractivity contribution is 7.92. The normalized spacial score (nSPS) is 14.5. The van der Waals surface area contributed by atoms with Crippen LogP contribution in [0.4, 0.5) is 5.69 Å². The van der Waals surface area contributed by atoms with E-state index in [2.05, 4.69) is 5.32 Å². The number of rotatable bonds is 10. The molecule has 4 rings (SSSR count). The molecule has 1 N–H and O–H groups in total. The van der Waals surface area contributed by atoms with Gasteiger partial charge >= 0.3 is 0 Å². The summed E-state index contributed by atoms with van der Waals surface area (Å²) in [6, 6.07) is 19.2. The first-order chi connectivity index (χ1) is 19.5. The second-order valence-corrected chi connectivity index (χ2v) is 13.2. The molecule has 218 valence electrons. The number of hydrogen-bond acceptors (Lipinski definition) is 4. The van der Waals surface area contributed by atoms with Crippen LogP contribution in [0, 0.1) is 27.7 Å². The minimum Gasteiger partial charge on any atom is -0.352 e. The number of carbonyl (C=O) groups is 2. The number of anilines is 1. The van der Waals surface area contributed by atoms with Gasteiger partial charge in [0.2, 0.25) is 11.8 Å². The van der Waals surface area contributed by atoms with Crippen molar-refractivity contribution in [3.05, 3.63) is 94.5 Å². The van der Waals surface area contributed by atoms with Crippen LogP contribution in [-0.4, -0.2) is 43.8 Å². The lowest BCUT2D eigenvalue weighted by molar-refractivity contribution is -0.139. The average Bonchev–Trinajstić information content (AvgIpc) is 3.43. The van der Waals surface area contributed by atoms with Crippen LogP contribution in [0.1, 0.15) is 60.4 Å². The van der Waals surface area contributed by atoms with E-state index in [1.54, 1.807) is 37.3 Å². The van der Waals surface area contributed by atoms with Crippen molar-refractivity contribution >= 4 is 27.5 Å². The van der Waals surface area contributed by atoms with E-state index in [1.165, 1.54) is 9.21 Å². The molecular formula is C33H41N3O4S. The molecule has 0 radical (unpaired) electrons. The van der Waals surface area contributed by atoms with Crippen LogP contribution in [0.3, 0.4) is 0 Å². The Bertz CT molecular complexity index is 1500. The molecule has 2 amide bonds. The number of carbonyl (C=O) groups excluding carboxylic acids is 2. The van der Waals surface area contributed by atoms with E-state index in [0.717, 1.165) is 53.5 Å². The topological polar surface area (TPSA) is 86.8 Å². The van der Waals surface area contributed by atoms with Crippen molar-refractivity contribution < 1.29 is 18.0 Å². The van der Waals surface area contributed by atoms with Crippen molar-refractivity contribution in [1.82, 2.24) is 10.2 Å². The van der Waals surface area contributed by atoms with Crippen molar-refractivity contribution in [3.8, 4) is 0 Å². The Morgan fingerprint density at radius 2 is 1.51 bits per heavy atom. The molecule has 0 aromatic heterocycles. The molecule has 8 heteroatoms. The maximum absolute atomic E-state index is 14.1. The third kappa shape index (κ3) is 7.36. The zero-order chi connectivity index (χ0) is 29.7. The third-order valence-corrected chi connectivity index (χ3v) is 9.59. The van der Waals surface area contributed by atoms with Crippen molar-refractivity contribution in [2.45, 2.75) is 83.8 Å². The Morgan fingerprint density at radius 3 is 2.15 bits per heavy atom. The fourth-order valence-electron chi connectivity index (χ4n) is 5.42. The van der Waals surface area contributed by atoms with Gasteiger partial charge in [0.05, 0.1) is 10.6 Å². The minimum absolute atomic E-state index is 0.105. The van der Waals surface area contributed by atoms with Crippen LogP contribution in [0.25, 0.3) is 0 Å². The van der Waals surface area contributed by atoms with Gasteiger partial charge in [-0.25, -0.2) is 8.42 Å². The predicted octanol–water partition coefficient (Wildman–Crippen LogP) is 5.59. The molecule has 0 aliphatic heterocycles. The van der Waals surface area contributed by atoms with Gasteiger partial charge in [-0.05, 0) is 76.8 Å². The van der Waals surface area contributed by atoms with Crippen molar-refractivity contribution in [3.63, 3.8) is 0 Å². The van der Waals surface area contributed by atoms with Gasteiger partial charge in [0.15, 0.2) is 0 Å². The fourth-order valence-corrected chi connectivity index (χ4v) is 6.90. The molecule has 1 aliphatic rings. The van der Waals surface area contributed by atoms with Crippen LogP contribution in [-0.2, 0) is 26.2 Å².